The zero-order valence-electron chi connectivity index (χ0n) is 21.4. The Bertz CT molecular complexity index is 1530. The molecule has 0 radical (unpaired) electrons. The Morgan fingerprint density at radius 3 is 2.54 bits per heavy atom. The van der Waals surface area contributed by atoms with E-state index < -0.39 is 23.2 Å². The highest BCUT2D eigenvalue weighted by Gasteiger charge is 2.65. The number of hydrogen-bond acceptors (Lipinski definition) is 9. The smallest absolute Gasteiger partial charge is 0.222 e. The molecule has 200 valence electrons. The molecule has 11 heteroatoms. The van der Waals surface area contributed by atoms with Crippen molar-refractivity contribution < 1.29 is 19.0 Å². The normalized spacial score (nSPS) is 21.5. The summed E-state index contributed by atoms with van der Waals surface area (Å²) < 4.78 is 29.1. The van der Waals surface area contributed by atoms with E-state index in [1.165, 1.54) is 18.2 Å². The van der Waals surface area contributed by atoms with Gasteiger partial charge in [0.2, 0.25) is 5.95 Å². The average molecular weight is 532 g/mol. The second kappa shape index (κ2) is 9.35. The van der Waals surface area contributed by atoms with Crippen molar-refractivity contribution in [2.24, 2.45) is 5.41 Å². The third-order valence-electron chi connectivity index (χ3n) is 8.31. The quantitative estimate of drug-likeness (QED) is 0.327. The molecule has 39 heavy (non-hydrogen) atoms. The number of nitrogens with one attached hydrogen (secondary N) is 1. The van der Waals surface area contributed by atoms with Crippen molar-refractivity contribution in [2.75, 3.05) is 18.5 Å². The lowest BCUT2D eigenvalue weighted by atomic mass is 9.66. The minimum Gasteiger partial charge on any atom is -0.394 e. The van der Waals surface area contributed by atoms with Crippen molar-refractivity contribution in [3.63, 3.8) is 0 Å². The first kappa shape index (κ1) is 25.3. The summed E-state index contributed by atoms with van der Waals surface area (Å²) in [5.74, 6) is -0.458. The molecule has 0 amide bonds. The fraction of sp³-hybridized carbons (Fsp3) is 0.357. The van der Waals surface area contributed by atoms with Crippen molar-refractivity contribution in [3.05, 3.63) is 77.5 Å². The number of rotatable bonds is 7. The van der Waals surface area contributed by atoms with Crippen LogP contribution in [0.1, 0.15) is 49.6 Å². The van der Waals surface area contributed by atoms with Gasteiger partial charge in [-0.05, 0) is 54.0 Å². The fourth-order valence-electron chi connectivity index (χ4n) is 6.30. The number of halogens is 2. The zero-order chi connectivity index (χ0) is 27.4. The summed E-state index contributed by atoms with van der Waals surface area (Å²) in [6.07, 6.45) is 5.67. The van der Waals surface area contributed by atoms with Gasteiger partial charge in [0.05, 0.1) is 46.3 Å². The number of benzene rings is 1. The highest BCUT2D eigenvalue weighted by molar-refractivity contribution is 5.64. The van der Waals surface area contributed by atoms with E-state index in [9.17, 15) is 13.9 Å². The van der Waals surface area contributed by atoms with Crippen molar-refractivity contribution >= 4 is 5.95 Å². The number of anilines is 1. The third kappa shape index (κ3) is 3.87. The maximum atomic E-state index is 14.5. The number of aliphatic hydroxyl groups excluding tert-OH is 2. The molecule has 0 aliphatic heterocycles. The summed E-state index contributed by atoms with van der Waals surface area (Å²) in [4.78, 5) is 17.9. The number of aromatic nitrogens is 6. The van der Waals surface area contributed by atoms with Crippen LogP contribution in [0.4, 0.5) is 14.7 Å². The van der Waals surface area contributed by atoms with Gasteiger partial charge in [0.15, 0.2) is 5.82 Å². The Morgan fingerprint density at radius 1 is 1.08 bits per heavy atom. The van der Waals surface area contributed by atoms with Crippen molar-refractivity contribution in [1.82, 2.24) is 30.1 Å². The Hall–Kier alpha value is -3.96. The standard InChI is InChI=1S/C28H27F2N7O2/c1-27(2)18-6-8-28(27,24-17(18)10-21(36-37-24)23-19(29)4-3-5-20(23)30)22-7-9-31-25(35-22)15-11-32-26(33-12-15)34-13-16(39)14-38/h3-5,7,9-12,16,18,38-39H,6,8,13-14H2,1-2H3,(H,32,33,34)/t16-,18+,28-/m1/s1. The number of nitrogens with zero attached hydrogens (tertiary/aromatic N) is 6. The van der Waals surface area contributed by atoms with Crippen LogP contribution in [0.25, 0.3) is 22.6 Å². The Kier molecular flexibility index (Phi) is 6.07. The van der Waals surface area contributed by atoms with Crippen LogP contribution in [0.3, 0.4) is 0 Å². The van der Waals surface area contributed by atoms with E-state index in [0.29, 0.717) is 17.3 Å². The maximum absolute atomic E-state index is 14.5. The predicted molar refractivity (Wildman–Crippen MR) is 139 cm³/mol. The minimum absolute atomic E-state index is 0.117. The highest BCUT2D eigenvalue weighted by Crippen LogP contribution is 2.69. The van der Waals surface area contributed by atoms with E-state index in [1.807, 2.05) is 6.07 Å². The van der Waals surface area contributed by atoms with Crippen LogP contribution in [0.5, 0.6) is 0 Å². The molecule has 6 rings (SSSR count). The third-order valence-corrected chi connectivity index (χ3v) is 8.31. The zero-order valence-corrected chi connectivity index (χ0v) is 21.4. The van der Waals surface area contributed by atoms with Crippen LogP contribution in [-0.2, 0) is 5.41 Å². The summed E-state index contributed by atoms with van der Waals surface area (Å²) in [5.41, 5.74) is 2.33. The summed E-state index contributed by atoms with van der Waals surface area (Å²) in [6.45, 7) is 4.12. The second-order valence-electron chi connectivity index (χ2n) is 10.6. The van der Waals surface area contributed by atoms with Crippen LogP contribution < -0.4 is 5.32 Å². The summed E-state index contributed by atoms with van der Waals surface area (Å²) in [6, 6.07) is 7.45. The lowest BCUT2D eigenvalue weighted by molar-refractivity contribution is 0.105. The molecule has 2 bridgehead atoms. The molecule has 2 aliphatic rings. The summed E-state index contributed by atoms with van der Waals surface area (Å²) in [5, 5.41) is 30.2. The minimum atomic E-state index is -0.912. The molecule has 1 fully saturated rings. The van der Waals surface area contributed by atoms with Gasteiger partial charge in [-0.2, -0.15) is 5.10 Å². The van der Waals surface area contributed by atoms with Gasteiger partial charge in [0.1, 0.15) is 11.6 Å². The first-order valence-electron chi connectivity index (χ1n) is 12.8. The molecule has 2 aliphatic carbocycles. The van der Waals surface area contributed by atoms with Gasteiger partial charge in [-0.1, -0.05) is 19.9 Å². The van der Waals surface area contributed by atoms with E-state index in [2.05, 4.69) is 44.3 Å². The molecule has 1 saturated carbocycles. The van der Waals surface area contributed by atoms with E-state index in [4.69, 9.17) is 10.1 Å². The predicted octanol–water partition coefficient (Wildman–Crippen LogP) is 3.64. The summed E-state index contributed by atoms with van der Waals surface area (Å²) >= 11 is 0. The maximum Gasteiger partial charge on any atom is 0.222 e. The van der Waals surface area contributed by atoms with Gasteiger partial charge in [0.25, 0.3) is 0 Å². The Morgan fingerprint density at radius 2 is 1.82 bits per heavy atom. The molecule has 0 unspecified atom stereocenters. The second-order valence-corrected chi connectivity index (χ2v) is 10.6. The van der Waals surface area contributed by atoms with Crippen molar-refractivity contribution in [1.29, 1.82) is 0 Å². The average Bonchev–Trinajstić information content (AvgIpc) is 3.33. The largest absolute Gasteiger partial charge is 0.394 e. The SMILES string of the molecule is CC1(C)[C@H]2CC[C@@]1(c1ccnc(-c3cnc(NC[C@@H](O)CO)nc3)n1)c1nnc(-c3c(F)cccc3F)cc12. The number of aliphatic hydroxyl groups is 2. The Labute approximate surface area is 223 Å². The van der Waals surface area contributed by atoms with Crippen LogP contribution in [0, 0.1) is 17.0 Å². The van der Waals surface area contributed by atoms with Gasteiger partial charge in [0, 0.05) is 25.1 Å². The fourth-order valence-corrected chi connectivity index (χ4v) is 6.30. The molecule has 4 aromatic rings. The van der Waals surface area contributed by atoms with Crippen molar-refractivity contribution in [2.45, 2.75) is 44.1 Å². The molecular weight excluding hydrogens is 504 g/mol. The molecule has 9 nitrogen and oxygen atoms in total. The molecule has 1 aromatic carbocycles. The lowest BCUT2D eigenvalue weighted by Gasteiger charge is -2.37. The molecule has 3 atom stereocenters. The molecule has 3 N–H and O–H groups in total. The molecule has 0 spiro atoms. The van der Waals surface area contributed by atoms with Crippen LogP contribution in [0.15, 0.2) is 48.9 Å². The van der Waals surface area contributed by atoms with E-state index >= 15 is 0 Å². The van der Waals surface area contributed by atoms with E-state index in [1.54, 1.807) is 24.7 Å². The first-order chi connectivity index (χ1) is 18.8. The Balaban J connectivity index is 1.38. The van der Waals surface area contributed by atoms with Crippen LogP contribution in [-0.4, -0.2) is 59.6 Å². The van der Waals surface area contributed by atoms with Gasteiger partial charge >= 0.3 is 0 Å². The van der Waals surface area contributed by atoms with Crippen molar-refractivity contribution in [3.8, 4) is 22.6 Å². The van der Waals surface area contributed by atoms with E-state index in [-0.39, 0.29) is 35.7 Å². The van der Waals surface area contributed by atoms with Gasteiger partial charge in [-0.15, -0.1) is 5.10 Å². The molecule has 3 heterocycles. The lowest BCUT2D eigenvalue weighted by Crippen LogP contribution is -2.38. The van der Waals surface area contributed by atoms with E-state index in [0.717, 1.165) is 29.8 Å². The first-order valence-corrected chi connectivity index (χ1v) is 12.8. The number of fused-ring (bicyclic) bond motifs is 5. The molecular formula is C28H27F2N7O2. The van der Waals surface area contributed by atoms with Crippen LogP contribution >= 0.6 is 0 Å². The van der Waals surface area contributed by atoms with Gasteiger partial charge in [-0.3, -0.25) is 0 Å². The molecule has 0 saturated heterocycles. The monoisotopic (exact) mass is 531 g/mol. The number of hydrogen-bond donors (Lipinski definition) is 3. The summed E-state index contributed by atoms with van der Waals surface area (Å²) in [7, 11) is 0. The molecule has 3 aromatic heterocycles. The van der Waals surface area contributed by atoms with Gasteiger partial charge in [-0.25, -0.2) is 28.7 Å². The topological polar surface area (TPSA) is 130 Å². The highest BCUT2D eigenvalue weighted by atomic mass is 19.1. The van der Waals surface area contributed by atoms with Gasteiger partial charge < -0.3 is 15.5 Å². The van der Waals surface area contributed by atoms with Crippen LogP contribution in [0.2, 0.25) is 0 Å².